The van der Waals surface area contributed by atoms with Gasteiger partial charge in [0.1, 0.15) is 0 Å². The first kappa shape index (κ1) is 43.7. The van der Waals surface area contributed by atoms with E-state index in [1.165, 1.54) is 167 Å². The minimum Gasteiger partial charge on any atom is -0.375 e. The molecule has 0 radical (unpaired) electrons. The first-order valence-corrected chi connectivity index (χ1v) is 28.2. The summed E-state index contributed by atoms with van der Waals surface area (Å²) in [7, 11) is 0. The summed E-state index contributed by atoms with van der Waals surface area (Å²) in [6.07, 6.45) is 48.2. The van der Waals surface area contributed by atoms with Crippen molar-refractivity contribution in [2.24, 2.45) is 59.2 Å². The molecule has 0 N–H and O–H groups in total. The highest BCUT2D eigenvalue weighted by atomic mass is 16.5. The second-order valence-electron chi connectivity index (χ2n) is 25.1. The molecule has 0 aliphatic heterocycles. The van der Waals surface area contributed by atoms with Crippen LogP contribution in [0.1, 0.15) is 233 Å². The lowest BCUT2D eigenvalue weighted by molar-refractivity contribution is -0.153. The van der Waals surface area contributed by atoms with E-state index in [0.717, 1.165) is 95.4 Å². The summed E-state index contributed by atoms with van der Waals surface area (Å²) in [5.74, 6) is 9.77. The first-order valence-electron chi connectivity index (χ1n) is 28.2. The lowest BCUT2D eigenvalue weighted by atomic mass is 9.46. The minimum absolute atomic E-state index is 0.538. The summed E-state index contributed by atoms with van der Waals surface area (Å²) in [5.41, 5.74) is 0. The maximum absolute atomic E-state index is 6.92. The van der Waals surface area contributed by atoms with Crippen LogP contribution in [0.4, 0.5) is 0 Å². The van der Waals surface area contributed by atoms with Crippen molar-refractivity contribution in [3.63, 3.8) is 0 Å². The molecule has 0 amide bonds. The van der Waals surface area contributed by atoms with Crippen LogP contribution in [0, 0.1) is 59.2 Å². The molecule has 8 atom stereocenters. The highest BCUT2D eigenvalue weighted by Gasteiger charge is 2.58. The van der Waals surface area contributed by atoms with E-state index in [0.29, 0.717) is 24.4 Å². The van der Waals surface area contributed by atoms with E-state index in [-0.39, 0.29) is 0 Å². The molecule has 0 spiro atoms. The molecule has 0 heterocycles. The molecule has 0 aromatic heterocycles. The van der Waals surface area contributed by atoms with Gasteiger partial charge in [0.05, 0.1) is 24.4 Å². The van der Waals surface area contributed by atoms with Crippen molar-refractivity contribution < 1.29 is 9.47 Å². The van der Waals surface area contributed by atoms with Crippen molar-refractivity contribution in [2.45, 2.75) is 294 Å². The van der Waals surface area contributed by atoms with Crippen molar-refractivity contribution in [2.75, 3.05) is 0 Å². The number of rotatable bonds is 10. The van der Waals surface area contributed by atoms with Crippen LogP contribution in [0.5, 0.6) is 0 Å². The Morgan fingerprint density at radius 2 is 0.517 bits per heavy atom. The summed E-state index contributed by atoms with van der Waals surface area (Å²) in [6.45, 7) is 10.0. The summed E-state index contributed by atoms with van der Waals surface area (Å²) >= 11 is 0. The Morgan fingerprint density at radius 1 is 0.267 bits per heavy atom. The van der Waals surface area contributed by atoms with Crippen LogP contribution >= 0.6 is 0 Å². The van der Waals surface area contributed by atoms with Crippen LogP contribution in [0.2, 0.25) is 0 Å². The highest BCUT2D eigenvalue weighted by Crippen LogP contribution is 2.62. The molecule has 10 aliphatic carbocycles. The zero-order chi connectivity index (χ0) is 40.7. The first-order chi connectivity index (χ1) is 29.3. The van der Waals surface area contributed by atoms with E-state index in [9.17, 15) is 0 Å². The summed E-state index contributed by atoms with van der Waals surface area (Å²) in [6, 6.07) is 5.07. The lowest BCUT2D eigenvalue weighted by Crippen LogP contribution is -2.64. The smallest absolute Gasteiger partial charge is 0.0580 e. The molecule has 0 aromatic carbocycles. The zero-order valence-corrected chi connectivity index (χ0v) is 39.9. The largest absolute Gasteiger partial charge is 0.375 e. The second kappa shape index (κ2) is 19.7. The molecule has 4 heteroatoms. The normalized spacial score (nSPS) is 50.3. The topological polar surface area (TPSA) is 24.9 Å². The SMILES string of the molecule is CC1CCC(OC2CCC(N(C3CCC(C)CC3)C3CCC4CCC5C6C(CCC3C46)CCC5N(C3CCC(C)CC3)C3CCC(OC4CCC(C)CC4)CC3)CC2)CC1. The van der Waals surface area contributed by atoms with Crippen LogP contribution in [0.25, 0.3) is 0 Å². The van der Waals surface area contributed by atoms with Gasteiger partial charge in [-0.1, -0.05) is 27.7 Å². The summed E-state index contributed by atoms with van der Waals surface area (Å²) in [4.78, 5) is 6.75. The van der Waals surface area contributed by atoms with Crippen molar-refractivity contribution in [3.05, 3.63) is 0 Å². The Morgan fingerprint density at radius 3 is 0.833 bits per heavy atom. The van der Waals surface area contributed by atoms with Gasteiger partial charge < -0.3 is 9.47 Å². The Bertz CT molecular complexity index is 1210. The molecule has 10 rings (SSSR count). The molecule has 10 fully saturated rings. The van der Waals surface area contributed by atoms with Crippen LogP contribution in [-0.4, -0.2) is 70.5 Å². The van der Waals surface area contributed by atoms with E-state index in [4.69, 9.17) is 9.47 Å². The molecule has 0 saturated heterocycles. The van der Waals surface area contributed by atoms with Gasteiger partial charge in [0, 0.05) is 36.3 Å². The van der Waals surface area contributed by atoms with Crippen molar-refractivity contribution in [1.29, 1.82) is 0 Å². The zero-order valence-electron chi connectivity index (χ0n) is 39.9. The average molecular weight is 829 g/mol. The van der Waals surface area contributed by atoms with Gasteiger partial charge in [-0.2, -0.15) is 0 Å². The van der Waals surface area contributed by atoms with E-state index < -0.39 is 0 Å². The summed E-state index contributed by atoms with van der Waals surface area (Å²) < 4.78 is 13.8. The Balaban J connectivity index is 0.853. The number of nitrogens with zero attached hydrogens (tertiary/aromatic N) is 2. The molecule has 8 unspecified atom stereocenters. The standard InChI is InChI=1S/C56H96N2O2/c1-37-5-17-43(18-6-37)57(45-21-29-49(30-22-45)59-47-25-9-39(3)10-26-47)53-35-15-41-14-34-52-54(36-16-42-13-33-51(53)55(41)56(42)52)58(44-19-7-38(2)8-20-44)46-23-31-50(32-24-46)60-48-27-11-40(4)12-28-48/h37-56H,5-36H2,1-4H3. The molecule has 10 aliphatic rings. The van der Waals surface area contributed by atoms with Crippen LogP contribution in [-0.2, 0) is 9.47 Å². The third-order valence-corrected chi connectivity index (χ3v) is 21.3. The van der Waals surface area contributed by atoms with Crippen molar-refractivity contribution >= 4 is 0 Å². The second-order valence-corrected chi connectivity index (χ2v) is 25.1. The highest BCUT2D eigenvalue weighted by molar-refractivity contribution is 5.10. The minimum atomic E-state index is 0.538. The Hall–Kier alpha value is -0.160. The van der Waals surface area contributed by atoms with Gasteiger partial charge in [0.25, 0.3) is 0 Å². The Kier molecular flexibility index (Phi) is 14.4. The third-order valence-electron chi connectivity index (χ3n) is 21.3. The maximum Gasteiger partial charge on any atom is 0.0580 e. The fourth-order valence-electron chi connectivity index (χ4n) is 18.0. The number of hydrogen-bond donors (Lipinski definition) is 0. The van der Waals surface area contributed by atoms with Gasteiger partial charge in [-0.25, -0.2) is 0 Å². The molecule has 60 heavy (non-hydrogen) atoms. The molecule has 4 nitrogen and oxygen atoms in total. The average Bonchev–Trinajstić information content (AvgIpc) is 3.28. The van der Waals surface area contributed by atoms with Gasteiger partial charge in [-0.05, 0) is 265 Å². The van der Waals surface area contributed by atoms with E-state index >= 15 is 0 Å². The Labute approximate surface area is 370 Å². The predicted octanol–water partition coefficient (Wildman–Crippen LogP) is 14.2. The molecule has 342 valence electrons. The van der Waals surface area contributed by atoms with Crippen LogP contribution in [0.3, 0.4) is 0 Å². The lowest BCUT2D eigenvalue weighted by Gasteiger charge is -2.64. The van der Waals surface area contributed by atoms with Gasteiger partial charge in [0.15, 0.2) is 0 Å². The predicted molar refractivity (Wildman–Crippen MR) is 249 cm³/mol. The van der Waals surface area contributed by atoms with Gasteiger partial charge >= 0.3 is 0 Å². The fraction of sp³-hybridized carbons (Fsp3) is 1.00. The molecular weight excluding hydrogens is 733 g/mol. The molecular formula is C56H96N2O2. The maximum atomic E-state index is 6.92. The van der Waals surface area contributed by atoms with E-state index in [1.54, 1.807) is 38.5 Å². The van der Waals surface area contributed by atoms with Crippen molar-refractivity contribution in [3.8, 4) is 0 Å². The van der Waals surface area contributed by atoms with Crippen molar-refractivity contribution in [1.82, 2.24) is 9.80 Å². The van der Waals surface area contributed by atoms with Gasteiger partial charge in [-0.15, -0.1) is 0 Å². The number of hydrogen-bond acceptors (Lipinski definition) is 4. The number of ether oxygens (including phenoxy) is 2. The third kappa shape index (κ3) is 9.56. The van der Waals surface area contributed by atoms with Crippen LogP contribution < -0.4 is 0 Å². The van der Waals surface area contributed by atoms with E-state index in [1.807, 2.05) is 0 Å². The quantitative estimate of drug-likeness (QED) is 0.219. The van der Waals surface area contributed by atoms with Crippen LogP contribution in [0.15, 0.2) is 0 Å². The fourth-order valence-corrected chi connectivity index (χ4v) is 18.0. The summed E-state index contributed by atoms with van der Waals surface area (Å²) in [5, 5.41) is 0. The monoisotopic (exact) mass is 829 g/mol. The molecule has 0 bridgehead atoms. The molecule has 0 aromatic rings. The van der Waals surface area contributed by atoms with E-state index in [2.05, 4.69) is 37.5 Å². The molecule has 10 saturated carbocycles. The van der Waals surface area contributed by atoms with Gasteiger partial charge in [0.2, 0.25) is 0 Å². The van der Waals surface area contributed by atoms with Gasteiger partial charge in [-0.3, -0.25) is 9.80 Å².